The third-order valence-corrected chi connectivity index (χ3v) is 5.90. The fraction of sp³-hybridized carbons (Fsp3) is 0.154. The molecule has 174 valence electrons. The summed E-state index contributed by atoms with van der Waals surface area (Å²) in [4.78, 5) is 30.3. The van der Waals surface area contributed by atoms with E-state index in [1.54, 1.807) is 99.1 Å². The van der Waals surface area contributed by atoms with Gasteiger partial charge in [-0.3, -0.25) is 14.5 Å². The average molecular weight is 478 g/mol. The first kappa shape index (κ1) is 23.2. The first-order valence-corrected chi connectivity index (χ1v) is 10.9. The number of halogens is 1. The lowest BCUT2D eigenvalue weighted by Crippen LogP contribution is -2.67. The molecule has 4 rings (SSSR count). The van der Waals surface area contributed by atoms with Crippen LogP contribution in [0.5, 0.6) is 11.5 Å². The molecular formula is C26H24ClN3O4. The van der Waals surface area contributed by atoms with Crippen molar-refractivity contribution in [2.75, 3.05) is 24.0 Å². The average Bonchev–Trinajstić information content (AvgIpc) is 2.86. The van der Waals surface area contributed by atoms with E-state index in [1.165, 1.54) is 4.90 Å². The third-order valence-electron chi connectivity index (χ3n) is 5.65. The molecule has 0 saturated carbocycles. The highest BCUT2D eigenvalue weighted by atomic mass is 35.5. The van der Waals surface area contributed by atoms with Gasteiger partial charge in [-0.25, -0.2) is 0 Å². The van der Waals surface area contributed by atoms with Crippen LogP contribution in [0.2, 0.25) is 5.02 Å². The minimum atomic E-state index is -1.43. The van der Waals surface area contributed by atoms with Crippen LogP contribution >= 0.6 is 11.6 Å². The van der Waals surface area contributed by atoms with Gasteiger partial charge in [0.05, 0.1) is 14.2 Å². The van der Waals surface area contributed by atoms with Crippen molar-refractivity contribution in [3.63, 3.8) is 0 Å². The first-order valence-electron chi connectivity index (χ1n) is 10.5. The summed E-state index contributed by atoms with van der Waals surface area (Å²) < 4.78 is 10.5. The number of nitrogens with zero attached hydrogens (tertiary/aromatic N) is 2. The Bertz CT molecular complexity index is 1210. The van der Waals surface area contributed by atoms with Crippen molar-refractivity contribution in [1.29, 1.82) is 0 Å². The molecule has 0 fully saturated rings. The second-order valence-corrected chi connectivity index (χ2v) is 8.21. The van der Waals surface area contributed by atoms with Crippen molar-refractivity contribution in [2.24, 2.45) is 0 Å². The number of ether oxygens (including phenoxy) is 2. The molecule has 2 amide bonds. The van der Waals surface area contributed by atoms with Gasteiger partial charge in [0.15, 0.2) is 5.66 Å². The van der Waals surface area contributed by atoms with Crippen molar-refractivity contribution in [3.8, 4) is 11.5 Å². The van der Waals surface area contributed by atoms with Crippen LogP contribution in [0.4, 0.5) is 11.4 Å². The SMILES string of the molecule is COc1ccc(N2C=CN(c3ccc(OC)cc3)C(C)(NC(=O)c3ccc(Cl)cc3)C2=O)cc1. The highest BCUT2D eigenvalue weighted by Crippen LogP contribution is 2.33. The summed E-state index contributed by atoms with van der Waals surface area (Å²) in [5, 5.41) is 3.44. The van der Waals surface area contributed by atoms with Gasteiger partial charge in [-0.2, -0.15) is 0 Å². The van der Waals surface area contributed by atoms with Gasteiger partial charge in [0.2, 0.25) is 0 Å². The summed E-state index contributed by atoms with van der Waals surface area (Å²) in [7, 11) is 3.17. The largest absolute Gasteiger partial charge is 0.497 e. The Morgan fingerprint density at radius 3 is 1.88 bits per heavy atom. The number of benzene rings is 3. The van der Waals surface area contributed by atoms with Crippen molar-refractivity contribution in [3.05, 3.63) is 95.8 Å². The summed E-state index contributed by atoms with van der Waals surface area (Å²) in [6.07, 6.45) is 3.43. The number of rotatable bonds is 6. The molecule has 1 heterocycles. The molecule has 0 radical (unpaired) electrons. The van der Waals surface area contributed by atoms with E-state index < -0.39 is 11.6 Å². The summed E-state index contributed by atoms with van der Waals surface area (Å²) in [5.74, 6) is 0.619. The van der Waals surface area contributed by atoms with Gasteiger partial charge in [-0.05, 0) is 79.7 Å². The maximum atomic E-state index is 13.9. The van der Waals surface area contributed by atoms with Crippen LogP contribution in [0, 0.1) is 0 Å². The summed E-state index contributed by atoms with van der Waals surface area (Å²) in [6, 6.07) is 20.8. The normalized spacial score (nSPS) is 17.5. The Morgan fingerprint density at radius 1 is 0.824 bits per heavy atom. The number of nitrogens with one attached hydrogen (secondary N) is 1. The Hall–Kier alpha value is -3.97. The number of methoxy groups -OCH3 is 2. The Balaban J connectivity index is 1.74. The van der Waals surface area contributed by atoms with Gasteiger partial charge in [0, 0.05) is 34.4 Å². The monoisotopic (exact) mass is 477 g/mol. The molecule has 3 aromatic carbocycles. The molecule has 1 aliphatic heterocycles. The number of anilines is 2. The molecule has 3 aromatic rings. The maximum absolute atomic E-state index is 13.9. The van der Waals surface area contributed by atoms with Crippen LogP contribution in [0.15, 0.2) is 85.2 Å². The number of carbonyl (C=O) groups excluding carboxylic acids is 2. The number of amides is 2. The third kappa shape index (κ3) is 4.43. The minimum absolute atomic E-state index is 0.335. The zero-order chi connectivity index (χ0) is 24.3. The van der Waals surface area contributed by atoms with Crippen LogP contribution < -0.4 is 24.6 Å². The highest BCUT2D eigenvalue weighted by Gasteiger charge is 2.46. The Kier molecular flexibility index (Phi) is 6.47. The van der Waals surface area contributed by atoms with E-state index in [0.717, 1.165) is 0 Å². The minimum Gasteiger partial charge on any atom is -0.497 e. The van der Waals surface area contributed by atoms with E-state index in [-0.39, 0.29) is 5.91 Å². The Morgan fingerprint density at radius 2 is 1.35 bits per heavy atom. The predicted octanol–water partition coefficient (Wildman–Crippen LogP) is 4.83. The van der Waals surface area contributed by atoms with Gasteiger partial charge in [-0.1, -0.05) is 11.6 Å². The molecule has 0 aromatic heterocycles. The summed E-state index contributed by atoms with van der Waals surface area (Å²) >= 11 is 5.97. The van der Waals surface area contributed by atoms with Crippen molar-refractivity contribution < 1.29 is 19.1 Å². The molecule has 0 aliphatic carbocycles. The molecule has 1 aliphatic rings. The Labute approximate surface area is 203 Å². The molecule has 0 bridgehead atoms. The van der Waals surface area contributed by atoms with Crippen molar-refractivity contribution in [2.45, 2.75) is 12.6 Å². The highest BCUT2D eigenvalue weighted by molar-refractivity contribution is 6.30. The lowest BCUT2D eigenvalue weighted by atomic mass is 10.0. The molecule has 1 unspecified atom stereocenters. The second kappa shape index (κ2) is 9.49. The van der Waals surface area contributed by atoms with Gasteiger partial charge >= 0.3 is 0 Å². The maximum Gasteiger partial charge on any atom is 0.277 e. The van der Waals surface area contributed by atoms with Crippen molar-refractivity contribution >= 4 is 34.8 Å². The van der Waals surface area contributed by atoms with Gasteiger partial charge in [-0.15, -0.1) is 0 Å². The van der Waals surface area contributed by atoms with E-state index in [1.807, 2.05) is 12.1 Å². The lowest BCUT2D eigenvalue weighted by molar-refractivity contribution is -0.123. The van der Waals surface area contributed by atoms with Crippen LogP contribution in [0.25, 0.3) is 0 Å². The van der Waals surface area contributed by atoms with Crippen LogP contribution in [-0.2, 0) is 4.79 Å². The molecule has 0 spiro atoms. The van der Waals surface area contributed by atoms with E-state index in [4.69, 9.17) is 21.1 Å². The predicted molar refractivity (Wildman–Crippen MR) is 132 cm³/mol. The summed E-state index contributed by atoms with van der Waals surface area (Å²) in [6.45, 7) is 1.67. The van der Waals surface area contributed by atoms with Gasteiger partial charge in [0.25, 0.3) is 11.8 Å². The fourth-order valence-electron chi connectivity index (χ4n) is 3.73. The smallest absolute Gasteiger partial charge is 0.277 e. The van der Waals surface area contributed by atoms with Crippen LogP contribution in [0.3, 0.4) is 0 Å². The molecule has 1 N–H and O–H groups in total. The lowest BCUT2D eigenvalue weighted by Gasteiger charge is -2.45. The van der Waals surface area contributed by atoms with Crippen LogP contribution in [0.1, 0.15) is 17.3 Å². The van der Waals surface area contributed by atoms with E-state index in [0.29, 0.717) is 33.5 Å². The van der Waals surface area contributed by atoms with E-state index >= 15 is 0 Å². The summed E-state index contributed by atoms with van der Waals surface area (Å²) in [5.41, 5.74) is 0.306. The van der Waals surface area contributed by atoms with Gasteiger partial charge in [0.1, 0.15) is 11.5 Å². The number of hydrogen-bond acceptors (Lipinski definition) is 5. The standard InChI is InChI=1S/C26H24ClN3O4/c1-26(28-24(31)18-4-6-19(27)7-5-18)25(32)29(20-8-12-22(33-2)13-9-20)16-17-30(26)21-10-14-23(34-3)15-11-21/h4-17H,1-3H3,(H,28,31). The fourth-order valence-corrected chi connectivity index (χ4v) is 3.86. The van der Waals surface area contributed by atoms with E-state index in [2.05, 4.69) is 5.32 Å². The molecule has 0 saturated heterocycles. The molecule has 8 heteroatoms. The van der Waals surface area contributed by atoms with E-state index in [9.17, 15) is 9.59 Å². The molecular weight excluding hydrogens is 454 g/mol. The quantitative estimate of drug-likeness (QED) is 0.550. The zero-order valence-corrected chi connectivity index (χ0v) is 19.7. The van der Waals surface area contributed by atoms with Gasteiger partial charge < -0.3 is 19.7 Å². The zero-order valence-electron chi connectivity index (χ0n) is 19.0. The first-order chi connectivity index (χ1) is 16.4. The van der Waals surface area contributed by atoms with Crippen molar-refractivity contribution in [1.82, 2.24) is 5.32 Å². The molecule has 7 nitrogen and oxygen atoms in total. The molecule has 34 heavy (non-hydrogen) atoms. The van der Waals surface area contributed by atoms with Crippen LogP contribution in [-0.4, -0.2) is 31.7 Å². The topological polar surface area (TPSA) is 71.1 Å². The second-order valence-electron chi connectivity index (χ2n) is 7.77. The number of carbonyl (C=O) groups is 2. The molecule has 1 atom stereocenters. The number of hydrogen-bond donors (Lipinski definition) is 1.